The number of para-hydroxylation sites is 2. The number of carbonyl (C=O) groups excluding carboxylic acids is 1. The second-order valence-electron chi connectivity index (χ2n) is 9.09. The van der Waals surface area contributed by atoms with Gasteiger partial charge in [-0.3, -0.25) is 4.79 Å². The number of nitrogens with one attached hydrogen (secondary N) is 1. The summed E-state index contributed by atoms with van der Waals surface area (Å²) in [4.78, 5) is 23.1. The highest BCUT2D eigenvalue weighted by Crippen LogP contribution is 2.37. The van der Waals surface area contributed by atoms with Crippen LogP contribution in [0.15, 0.2) is 125 Å². The SMILES string of the molecule is O=C(Nc1c(S(=O)(=O)c2ccccc2)c2nc3ccccc3nc2n1CCc1ccccc1)c1ccccc1. The fourth-order valence-electron chi connectivity index (χ4n) is 4.64. The smallest absolute Gasteiger partial charge is 0.256 e. The molecule has 0 aliphatic rings. The van der Waals surface area contributed by atoms with Crippen molar-refractivity contribution in [3.63, 3.8) is 0 Å². The highest BCUT2D eigenvalue weighted by atomic mass is 32.2. The molecule has 1 N–H and O–H groups in total. The Morgan fingerprint density at radius 3 is 1.95 bits per heavy atom. The van der Waals surface area contributed by atoms with Crippen molar-refractivity contribution in [1.82, 2.24) is 14.5 Å². The molecule has 6 rings (SSSR count). The zero-order valence-corrected chi connectivity index (χ0v) is 21.7. The summed E-state index contributed by atoms with van der Waals surface area (Å²) in [6.45, 7) is 0.377. The predicted molar refractivity (Wildman–Crippen MR) is 151 cm³/mol. The molecule has 0 unspecified atom stereocenters. The number of fused-ring (bicyclic) bond motifs is 2. The van der Waals surface area contributed by atoms with Crippen LogP contribution >= 0.6 is 0 Å². The summed E-state index contributed by atoms with van der Waals surface area (Å²) < 4.78 is 30.1. The lowest BCUT2D eigenvalue weighted by molar-refractivity contribution is 0.102. The Morgan fingerprint density at radius 1 is 0.718 bits per heavy atom. The highest BCUT2D eigenvalue weighted by molar-refractivity contribution is 7.92. The molecule has 39 heavy (non-hydrogen) atoms. The van der Waals surface area contributed by atoms with E-state index in [2.05, 4.69) is 5.32 Å². The van der Waals surface area contributed by atoms with Crippen LogP contribution in [0.1, 0.15) is 15.9 Å². The van der Waals surface area contributed by atoms with Gasteiger partial charge in [-0.2, -0.15) is 0 Å². The van der Waals surface area contributed by atoms with Crippen LogP contribution < -0.4 is 5.32 Å². The van der Waals surface area contributed by atoms with Crippen molar-refractivity contribution < 1.29 is 13.2 Å². The van der Waals surface area contributed by atoms with E-state index in [1.807, 2.05) is 54.6 Å². The van der Waals surface area contributed by atoms with E-state index < -0.39 is 15.7 Å². The van der Waals surface area contributed by atoms with Crippen LogP contribution in [0.25, 0.3) is 22.2 Å². The Kier molecular flexibility index (Phi) is 6.38. The number of benzene rings is 4. The molecule has 6 aromatic rings. The van der Waals surface area contributed by atoms with E-state index in [4.69, 9.17) is 9.97 Å². The number of nitrogens with zero attached hydrogens (tertiary/aromatic N) is 3. The largest absolute Gasteiger partial charge is 0.309 e. The second-order valence-corrected chi connectivity index (χ2v) is 11.0. The minimum absolute atomic E-state index is 0.0701. The van der Waals surface area contributed by atoms with E-state index >= 15 is 0 Å². The maximum atomic E-state index is 14.2. The van der Waals surface area contributed by atoms with Gasteiger partial charge < -0.3 is 9.88 Å². The molecule has 0 bridgehead atoms. The molecule has 0 radical (unpaired) electrons. The maximum absolute atomic E-state index is 14.2. The lowest BCUT2D eigenvalue weighted by atomic mass is 10.1. The van der Waals surface area contributed by atoms with Gasteiger partial charge in [-0.15, -0.1) is 0 Å². The molecule has 0 saturated heterocycles. The third kappa shape index (κ3) is 4.66. The minimum Gasteiger partial charge on any atom is -0.309 e. The molecule has 7 nitrogen and oxygen atoms in total. The Bertz CT molecular complexity index is 1900. The Morgan fingerprint density at radius 2 is 1.28 bits per heavy atom. The van der Waals surface area contributed by atoms with Gasteiger partial charge in [-0.25, -0.2) is 18.4 Å². The molecule has 1 amide bonds. The number of hydrogen-bond acceptors (Lipinski definition) is 5. The van der Waals surface area contributed by atoms with Crippen molar-refractivity contribution in [2.75, 3.05) is 5.32 Å². The molecule has 0 atom stereocenters. The van der Waals surface area contributed by atoms with Crippen LogP contribution in [0.5, 0.6) is 0 Å². The molecule has 2 aromatic heterocycles. The van der Waals surface area contributed by atoms with Crippen molar-refractivity contribution in [1.29, 1.82) is 0 Å². The molecule has 0 spiro atoms. The third-order valence-electron chi connectivity index (χ3n) is 6.56. The molecule has 0 fully saturated rings. The summed E-state index contributed by atoms with van der Waals surface area (Å²) in [5.41, 5.74) is 3.28. The number of rotatable bonds is 7. The third-order valence-corrected chi connectivity index (χ3v) is 8.38. The van der Waals surface area contributed by atoms with Crippen LogP contribution in [0, 0.1) is 0 Å². The first-order chi connectivity index (χ1) is 19.0. The normalized spacial score (nSPS) is 11.6. The average molecular weight is 533 g/mol. The summed E-state index contributed by atoms with van der Waals surface area (Å²) in [5.74, 6) is -0.276. The monoisotopic (exact) mass is 532 g/mol. The van der Waals surface area contributed by atoms with Gasteiger partial charge in [0.1, 0.15) is 16.2 Å². The summed E-state index contributed by atoms with van der Waals surface area (Å²) >= 11 is 0. The van der Waals surface area contributed by atoms with Crippen LogP contribution in [-0.4, -0.2) is 28.9 Å². The van der Waals surface area contributed by atoms with E-state index in [1.54, 1.807) is 65.2 Å². The van der Waals surface area contributed by atoms with Crippen LogP contribution in [0.2, 0.25) is 0 Å². The molecule has 8 heteroatoms. The number of aryl methyl sites for hydroxylation is 2. The van der Waals surface area contributed by atoms with Crippen LogP contribution in [0.3, 0.4) is 0 Å². The molecule has 2 heterocycles. The van der Waals surface area contributed by atoms with Crippen LogP contribution in [0.4, 0.5) is 5.82 Å². The van der Waals surface area contributed by atoms with E-state index in [9.17, 15) is 13.2 Å². The lowest BCUT2D eigenvalue weighted by Crippen LogP contribution is -2.18. The summed E-state index contributed by atoms with van der Waals surface area (Å²) in [7, 11) is -4.09. The molecular weight excluding hydrogens is 508 g/mol. The summed E-state index contributed by atoms with van der Waals surface area (Å²) in [5, 5.41) is 2.92. The Labute approximate surface area is 225 Å². The minimum atomic E-state index is -4.09. The molecule has 192 valence electrons. The van der Waals surface area contributed by atoms with E-state index in [0.717, 1.165) is 5.56 Å². The van der Waals surface area contributed by atoms with Crippen molar-refractivity contribution >= 4 is 43.8 Å². The maximum Gasteiger partial charge on any atom is 0.256 e. The predicted octanol–water partition coefficient (Wildman–Crippen LogP) is 5.91. The number of hydrogen-bond donors (Lipinski definition) is 1. The Hall–Kier alpha value is -4.82. The van der Waals surface area contributed by atoms with E-state index in [-0.39, 0.29) is 21.1 Å². The standard InChI is InChI=1S/C31H24N4O3S/c36-31(23-14-6-2-7-15-23)34-30-28(39(37,38)24-16-8-3-9-17-24)27-29(33-26-19-11-10-18-25(26)32-27)35(30)21-20-22-12-4-1-5-13-22/h1-19H,20-21H2,(H,34,36). The highest BCUT2D eigenvalue weighted by Gasteiger charge is 2.32. The molecule has 0 aliphatic carbocycles. The van der Waals surface area contributed by atoms with E-state index in [1.165, 1.54) is 0 Å². The number of amides is 1. The van der Waals surface area contributed by atoms with Gasteiger partial charge in [0.15, 0.2) is 5.65 Å². The van der Waals surface area contributed by atoms with Crippen LogP contribution in [-0.2, 0) is 22.8 Å². The number of anilines is 1. The molecular formula is C31H24N4O3S. The second kappa shape index (κ2) is 10.2. The lowest BCUT2D eigenvalue weighted by Gasteiger charge is -2.14. The van der Waals surface area contributed by atoms with Crippen molar-refractivity contribution in [3.05, 3.63) is 126 Å². The fraction of sp³-hybridized carbons (Fsp3) is 0.0645. The van der Waals surface area contributed by atoms with Gasteiger partial charge in [0.2, 0.25) is 9.84 Å². The first kappa shape index (κ1) is 24.5. The number of sulfone groups is 1. The zero-order valence-electron chi connectivity index (χ0n) is 20.9. The van der Waals surface area contributed by atoms with Gasteiger partial charge in [-0.1, -0.05) is 78.9 Å². The average Bonchev–Trinajstić information content (AvgIpc) is 3.28. The van der Waals surface area contributed by atoms with Gasteiger partial charge in [0.05, 0.1) is 15.9 Å². The summed E-state index contributed by atoms with van der Waals surface area (Å²) in [6.07, 6.45) is 0.595. The van der Waals surface area contributed by atoms with Gasteiger partial charge in [0.25, 0.3) is 5.91 Å². The molecule has 4 aromatic carbocycles. The number of carbonyl (C=O) groups is 1. The van der Waals surface area contributed by atoms with Crippen molar-refractivity contribution in [3.8, 4) is 0 Å². The quantitative estimate of drug-likeness (QED) is 0.276. The first-order valence-electron chi connectivity index (χ1n) is 12.5. The van der Waals surface area contributed by atoms with Gasteiger partial charge in [-0.05, 0) is 48.4 Å². The number of aromatic nitrogens is 3. The molecule has 0 saturated carbocycles. The van der Waals surface area contributed by atoms with Crippen molar-refractivity contribution in [2.45, 2.75) is 22.8 Å². The zero-order chi connectivity index (χ0) is 26.8. The van der Waals surface area contributed by atoms with E-state index in [0.29, 0.717) is 35.2 Å². The van der Waals surface area contributed by atoms with Crippen molar-refractivity contribution in [2.24, 2.45) is 0 Å². The topological polar surface area (TPSA) is 93.9 Å². The summed E-state index contributed by atoms with van der Waals surface area (Å²) in [6, 6.07) is 34.1. The molecule has 0 aliphatic heterocycles. The van der Waals surface area contributed by atoms with Gasteiger partial charge in [0, 0.05) is 12.1 Å². The first-order valence-corrected chi connectivity index (χ1v) is 14.0. The van der Waals surface area contributed by atoms with Gasteiger partial charge >= 0.3 is 0 Å². The Balaban J connectivity index is 1.62. The fourth-order valence-corrected chi connectivity index (χ4v) is 6.20.